The molecule has 9 heteroatoms. The number of thioether (sulfide) groups is 1. The van der Waals surface area contributed by atoms with E-state index in [1.54, 1.807) is 43.3 Å². The Bertz CT molecular complexity index is 1120. The third kappa shape index (κ3) is 5.28. The molecule has 0 bridgehead atoms. The van der Waals surface area contributed by atoms with Crippen molar-refractivity contribution in [2.24, 2.45) is 0 Å². The van der Waals surface area contributed by atoms with Crippen LogP contribution in [0.1, 0.15) is 23.6 Å². The van der Waals surface area contributed by atoms with Gasteiger partial charge in [0.1, 0.15) is 13.2 Å². The predicted octanol–water partition coefficient (Wildman–Crippen LogP) is 3.75. The van der Waals surface area contributed by atoms with E-state index in [1.165, 1.54) is 7.11 Å². The van der Waals surface area contributed by atoms with Gasteiger partial charge in [0.15, 0.2) is 11.5 Å². The second kappa shape index (κ2) is 10.5. The van der Waals surface area contributed by atoms with Crippen molar-refractivity contribution >= 4 is 35.0 Å². The number of benzene rings is 2. The first kappa shape index (κ1) is 22.9. The topological polar surface area (TPSA) is 106 Å². The number of imide groups is 1. The Hall–Kier alpha value is -3.77. The van der Waals surface area contributed by atoms with Gasteiger partial charge in [0, 0.05) is 5.56 Å². The van der Waals surface area contributed by atoms with E-state index < -0.39 is 23.7 Å². The quantitative estimate of drug-likeness (QED) is 0.440. The molecule has 0 aliphatic carbocycles. The van der Waals surface area contributed by atoms with Gasteiger partial charge in [-0.2, -0.15) is 5.26 Å². The lowest BCUT2D eigenvalue weighted by Gasteiger charge is -2.12. The number of rotatable bonds is 8. The maximum atomic E-state index is 12.5. The van der Waals surface area contributed by atoms with Crippen molar-refractivity contribution in [2.45, 2.75) is 13.5 Å². The van der Waals surface area contributed by atoms with Gasteiger partial charge in [-0.3, -0.25) is 19.3 Å². The third-order valence-corrected chi connectivity index (χ3v) is 5.38. The normalized spacial score (nSPS) is 14.4. The second-order valence-electron chi connectivity index (χ2n) is 6.54. The first-order chi connectivity index (χ1) is 15.5. The minimum atomic E-state index is -0.641. The zero-order valence-electron chi connectivity index (χ0n) is 17.5. The van der Waals surface area contributed by atoms with Crippen molar-refractivity contribution in [1.29, 1.82) is 5.26 Å². The molecule has 164 valence electrons. The number of amides is 2. The number of hydrogen-bond donors (Lipinski definition) is 0. The summed E-state index contributed by atoms with van der Waals surface area (Å²) in [6.45, 7) is 1.58. The van der Waals surface area contributed by atoms with Gasteiger partial charge in [-0.1, -0.05) is 24.3 Å². The molecule has 1 saturated heterocycles. The van der Waals surface area contributed by atoms with Crippen molar-refractivity contribution in [1.82, 2.24) is 4.90 Å². The summed E-state index contributed by atoms with van der Waals surface area (Å²) >= 11 is 0.754. The maximum absolute atomic E-state index is 12.5. The highest BCUT2D eigenvalue weighted by Crippen LogP contribution is 2.34. The standard InChI is InChI=1S/C23H20N2O6S/c1-3-30-21(26)13-25-22(27)20(32-23(25)28)11-15-8-9-18(19(10-15)29-2)31-14-17-7-5-4-6-16(17)12-24/h4-11H,3,13-14H2,1-2H3/b20-11+. The summed E-state index contributed by atoms with van der Waals surface area (Å²) in [6, 6.07) is 14.3. The highest BCUT2D eigenvalue weighted by atomic mass is 32.2. The van der Waals surface area contributed by atoms with Crippen LogP contribution in [0.15, 0.2) is 47.4 Å². The molecule has 1 fully saturated rings. The number of nitriles is 1. The van der Waals surface area contributed by atoms with E-state index in [-0.39, 0.29) is 18.1 Å². The first-order valence-electron chi connectivity index (χ1n) is 9.66. The Morgan fingerprint density at radius 3 is 2.69 bits per heavy atom. The highest BCUT2D eigenvalue weighted by molar-refractivity contribution is 8.18. The molecule has 0 radical (unpaired) electrons. The van der Waals surface area contributed by atoms with Gasteiger partial charge in [-0.05, 0) is 48.5 Å². The minimum absolute atomic E-state index is 0.168. The van der Waals surface area contributed by atoms with E-state index in [0.29, 0.717) is 22.6 Å². The van der Waals surface area contributed by atoms with E-state index in [9.17, 15) is 19.6 Å². The van der Waals surface area contributed by atoms with Crippen LogP contribution in [0.4, 0.5) is 4.79 Å². The van der Waals surface area contributed by atoms with Crippen LogP contribution in [0.3, 0.4) is 0 Å². The van der Waals surface area contributed by atoms with Gasteiger partial charge in [0.05, 0.1) is 30.3 Å². The van der Waals surface area contributed by atoms with E-state index in [1.807, 2.05) is 12.1 Å². The molecule has 0 atom stereocenters. The Morgan fingerprint density at radius 1 is 1.19 bits per heavy atom. The Balaban J connectivity index is 1.75. The molecular weight excluding hydrogens is 432 g/mol. The highest BCUT2D eigenvalue weighted by Gasteiger charge is 2.36. The molecule has 0 saturated carbocycles. The van der Waals surface area contributed by atoms with E-state index in [4.69, 9.17) is 14.2 Å². The van der Waals surface area contributed by atoms with Crippen molar-refractivity contribution in [3.8, 4) is 17.6 Å². The molecule has 0 aromatic heterocycles. The van der Waals surface area contributed by atoms with Crippen molar-refractivity contribution in [3.05, 3.63) is 64.1 Å². The lowest BCUT2D eigenvalue weighted by atomic mass is 10.1. The minimum Gasteiger partial charge on any atom is -0.493 e. The summed E-state index contributed by atoms with van der Waals surface area (Å²) in [5.41, 5.74) is 1.89. The van der Waals surface area contributed by atoms with Crippen molar-refractivity contribution in [3.63, 3.8) is 0 Å². The monoisotopic (exact) mass is 452 g/mol. The summed E-state index contributed by atoms with van der Waals surface area (Å²) in [5.74, 6) is -0.301. The summed E-state index contributed by atoms with van der Waals surface area (Å²) < 4.78 is 16.0. The van der Waals surface area contributed by atoms with Gasteiger partial charge >= 0.3 is 5.97 Å². The maximum Gasteiger partial charge on any atom is 0.326 e. The Labute approximate surface area is 189 Å². The molecule has 32 heavy (non-hydrogen) atoms. The molecule has 2 aromatic rings. The van der Waals surface area contributed by atoms with Gasteiger partial charge in [0.25, 0.3) is 11.1 Å². The molecule has 2 aromatic carbocycles. The number of carbonyl (C=O) groups is 3. The SMILES string of the molecule is CCOC(=O)CN1C(=O)S/C(=C/c2ccc(OCc3ccccc3C#N)c(OC)c2)C1=O. The van der Waals surface area contributed by atoms with Gasteiger partial charge < -0.3 is 14.2 Å². The third-order valence-electron chi connectivity index (χ3n) is 4.47. The van der Waals surface area contributed by atoms with Crippen LogP contribution in [-0.2, 0) is 20.9 Å². The van der Waals surface area contributed by atoms with E-state index >= 15 is 0 Å². The molecule has 0 N–H and O–H groups in total. The molecule has 0 spiro atoms. The Kier molecular flexibility index (Phi) is 7.52. The van der Waals surface area contributed by atoms with Gasteiger partial charge in [-0.25, -0.2) is 0 Å². The smallest absolute Gasteiger partial charge is 0.326 e. The zero-order chi connectivity index (χ0) is 23.1. The predicted molar refractivity (Wildman–Crippen MR) is 118 cm³/mol. The van der Waals surface area contributed by atoms with Crippen LogP contribution < -0.4 is 9.47 Å². The summed E-state index contributed by atoms with van der Waals surface area (Å²) in [7, 11) is 1.49. The lowest BCUT2D eigenvalue weighted by Crippen LogP contribution is -2.34. The van der Waals surface area contributed by atoms with Crippen LogP contribution in [0.25, 0.3) is 6.08 Å². The number of ether oxygens (including phenoxy) is 3. The molecule has 8 nitrogen and oxygen atoms in total. The van der Waals surface area contributed by atoms with Gasteiger partial charge in [-0.15, -0.1) is 0 Å². The van der Waals surface area contributed by atoms with Crippen LogP contribution in [0.2, 0.25) is 0 Å². The number of methoxy groups -OCH3 is 1. The fourth-order valence-electron chi connectivity index (χ4n) is 2.93. The molecule has 3 rings (SSSR count). The van der Waals surface area contributed by atoms with E-state index in [0.717, 1.165) is 22.2 Å². The number of nitrogens with zero attached hydrogens (tertiary/aromatic N) is 2. The number of esters is 1. The van der Waals surface area contributed by atoms with Gasteiger partial charge in [0.2, 0.25) is 0 Å². The summed E-state index contributed by atoms with van der Waals surface area (Å²) in [4.78, 5) is 37.3. The molecular formula is C23H20N2O6S. The zero-order valence-corrected chi connectivity index (χ0v) is 18.3. The summed E-state index contributed by atoms with van der Waals surface area (Å²) in [6.07, 6.45) is 1.55. The van der Waals surface area contributed by atoms with Crippen LogP contribution >= 0.6 is 11.8 Å². The van der Waals surface area contributed by atoms with Crippen molar-refractivity contribution < 1.29 is 28.6 Å². The Morgan fingerprint density at radius 2 is 1.97 bits per heavy atom. The second-order valence-corrected chi connectivity index (χ2v) is 7.53. The molecule has 1 aliphatic heterocycles. The summed E-state index contributed by atoms with van der Waals surface area (Å²) in [5, 5.41) is 8.67. The molecule has 1 aliphatic rings. The fourth-order valence-corrected chi connectivity index (χ4v) is 3.77. The largest absolute Gasteiger partial charge is 0.493 e. The number of hydrogen-bond acceptors (Lipinski definition) is 8. The lowest BCUT2D eigenvalue weighted by molar-refractivity contribution is -0.145. The van der Waals surface area contributed by atoms with E-state index in [2.05, 4.69) is 6.07 Å². The van der Waals surface area contributed by atoms with Crippen LogP contribution in [-0.4, -0.2) is 42.3 Å². The molecule has 0 unspecified atom stereocenters. The first-order valence-corrected chi connectivity index (χ1v) is 10.5. The van der Waals surface area contributed by atoms with Crippen LogP contribution in [0.5, 0.6) is 11.5 Å². The average molecular weight is 452 g/mol. The molecule has 2 amide bonds. The van der Waals surface area contributed by atoms with Crippen molar-refractivity contribution in [2.75, 3.05) is 20.3 Å². The average Bonchev–Trinajstić information content (AvgIpc) is 3.05. The molecule has 1 heterocycles. The number of carbonyl (C=O) groups excluding carboxylic acids is 3. The fraction of sp³-hybridized carbons (Fsp3) is 0.217. The van der Waals surface area contributed by atoms with Crippen LogP contribution in [0, 0.1) is 11.3 Å².